The van der Waals surface area contributed by atoms with Crippen molar-refractivity contribution in [1.82, 2.24) is 0 Å². The van der Waals surface area contributed by atoms with Crippen LogP contribution in [0.4, 0.5) is 0 Å². The molecule has 4 nitrogen and oxygen atoms in total. The minimum absolute atomic E-state index is 0.0323. The molecule has 0 bridgehead atoms. The summed E-state index contributed by atoms with van der Waals surface area (Å²) in [6.07, 6.45) is 0. The molecule has 0 atom stereocenters. The average molecular weight is 337 g/mol. The third kappa shape index (κ3) is 4.28. The lowest BCUT2D eigenvalue weighted by atomic mass is 10.2. The molecule has 5 heteroatoms. The predicted molar refractivity (Wildman–Crippen MR) is 78.0 cm³/mol. The lowest BCUT2D eigenvalue weighted by Gasteiger charge is -2.07. The van der Waals surface area contributed by atoms with Crippen LogP contribution in [0.2, 0.25) is 0 Å². The number of aromatic hydroxyl groups is 1. The average Bonchev–Trinajstić information content (AvgIpc) is 2.43. The predicted octanol–water partition coefficient (Wildman–Crippen LogP) is 3.39. The first-order valence-corrected chi connectivity index (χ1v) is 6.79. The van der Waals surface area contributed by atoms with Crippen LogP contribution in [-0.2, 0) is 4.74 Å². The third-order valence-electron chi connectivity index (χ3n) is 2.46. The van der Waals surface area contributed by atoms with Crippen molar-refractivity contribution in [3.05, 3.63) is 58.6 Å². The summed E-state index contributed by atoms with van der Waals surface area (Å²) in [6.45, 7) is 0.405. The molecule has 0 aliphatic rings. The van der Waals surface area contributed by atoms with Gasteiger partial charge in [-0.25, -0.2) is 4.79 Å². The molecule has 2 aromatic rings. The first-order chi connectivity index (χ1) is 9.65. The quantitative estimate of drug-likeness (QED) is 0.671. The minimum atomic E-state index is -0.487. The highest BCUT2D eigenvalue weighted by molar-refractivity contribution is 9.10. The second kappa shape index (κ2) is 6.96. The topological polar surface area (TPSA) is 55.8 Å². The number of benzene rings is 2. The molecule has 0 aromatic heterocycles. The molecule has 0 radical (unpaired) electrons. The van der Waals surface area contributed by atoms with E-state index in [1.165, 1.54) is 12.1 Å². The van der Waals surface area contributed by atoms with Gasteiger partial charge >= 0.3 is 5.97 Å². The summed E-state index contributed by atoms with van der Waals surface area (Å²) < 4.78 is 11.4. The number of carbonyl (C=O) groups is 1. The SMILES string of the molecule is O=C(OCCOc1cccc(Br)c1)c1cccc(O)c1. The van der Waals surface area contributed by atoms with Gasteiger partial charge in [0.25, 0.3) is 0 Å². The van der Waals surface area contributed by atoms with E-state index < -0.39 is 5.97 Å². The van der Waals surface area contributed by atoms with Gasteiger partial charge < -0.3 is 14.6 Å². The van der Waals surface area contributed by atoms with Crippen LogP contribution in [0.3, 0.4) is 0 Å². The van der Waals surface area contributed by atoms with Crippen LogP contribution < -0.4 is 4.74 Å². The second-order valence-electron chi connectivity index (χ2n) is 3.99. The van der Waals surface area contributed by atoms with Crippen LogP contribution >= 0.6 is 15.9 Å². The number of esters is 1. The monoisotopic (exact) mass is 336 g/mol. The highest BCUT2D eigenvalue weighted by Gasteiger charge is 2.07. The van der Waals surface area contributed by atoms with E-state index in [1.807, 2.05) is 24.3 Å². The first kappa shape index (κ1) is 14.4. The highest BCUT2D eigenvalue weighted by Crippen LogP contribution is 2.17. The van der Waals surface area contributed by atoms with Gasteiger partial charge in [-0.2, -0.15) is 0 Å². The molecule has 0 unspecified atom stereocenters. The molecule has 0 aliphatic carbocycles. The number of hydrogen-bond donors (Lipinski definition) is 1. The fraction of sp³-hybridized carbons (Fsp3) is 0.133. The van der Waals surface area contributed by atoms with Crippen LogP contribution in [0, 0.1) is 0 Å². The molecule has 0 saturated heterocycles. The lowest BCUT2D eigenvalue weighted by Crippen LogP contribution is -2.12. The zero-order valence-electron chi connectivity index (χ0n) is 10.6. The maximum atomic E-state index is 11.7. The van der Waals surface area contributed by atoms with Crippen LogP contribution in [0.15, 0.2) is 53.0 Å². The Kier molecular flexibility index (Phi) is 5.01. The number of ether oxygens (including phenoxy) is 2. The summed E-state index contributed by atoms with van der Waals surface area (Å²) in [5, 5.41) is 9.27. The van der Waals surface area contributed by atoms with Crippen molar-refractivity contribution in [1.29, 1.82) is 0 Å². The van der Waals surface area contributed by atoms with E-state index in [2.05, 4.69) is 15.9 Å². The molecular weight excluding hydrogens is 324 g/mol. The van der Waals surface area contributed by atoms with Crippen molar-refractivity contribution in [2.45, 2.75) is 0 Å². The standard InChI is InChI=1S/C15H13BrO4/c16-12-4-2-6-14(10-12)19-7-8-20-15(18)11-3-1-5-13(17)9-11/h1-6,9-10,17H,7-8H2. The van der Waals surface area contributed by atoms with Gasteiger partial charge in [0.2, 0.25) is 0 Å². The summed E-state index contributed by atoms with van der Waals surface area (Å²) in [6, 6.07) is 13.4. The number of carbonyl (C=O) groups excluding carboxylic acids is 1. The van der Waals surface area contributed by atoms with Crippen molar-refractivity contribution in [2.24, 2.45) is 0 Å². The van der Waals surface area contributed by atoms with E-state index in [-0.39, 0.29) is 19.0 Å². The summed E-state index contributed by atoms with van der Waals surface area (Å²) >= 11 is 3.34. The molecule has 104 valence electrons. The van der Waals surface area contributed by atoms with Crippen molar-refractivity contribution in [3.8, 4) is 11.5 Å². The van der Waals surface area contributed by atoms with Crippen LogP contribution in [0.5, 0.6) is 11.5 Å². The Morgan fingerprint density at radius 1 is 1.10 bits per heavy atom. The number of hydrogen-bond acceptors (Lipinski definition) is 4. The van der Waals surface area contributed by atoms with E-state index in [0.29, 0.717) is 11.3 Å². The number of phenolic OH excluding ortho intramolecular Hbond substituents is 1. The van der Waals surface area contributed by atoms with Gasteiger partial charge in [0.05, 0.1) is 5.56 Å². The molecule has 0 heterocycles. The summed E-state index contributed by atoms with van der Waals surface area (Å²) in [4.78, 5) is 11.7. The second-order valence-corrected chi connectivity index (χ2v) is 4.91. The van der Waals surface area contributed by atoms with Crippen LogP contribution in [0.1, 0.15) is 10.4 Å². The van der Waals surface area contributed by atoms with Crippen molar-refractivity contribution in [3.63, 3.8) is 0 Å². The zero-order valence-corrected chi connectivity index (χ0v) is 12.2. The normalized spacial score (nSPS) is 10.1. The van der Waals surface area contributed by atoms with Gasteiger partial charge in [0.15, 0.2) is 0 Å². The molecule has 2 rings (SSSR count). The Morgan fingerprint density at radius 2 is 1.90 bits per heavy atom. The van der Waals surface area contributed by atoms with Crippen molar-refractivity contribution < 1.29 is 19.4 Å². The molecule has 0 aliphatic heterocycles. The van der Waals surface area contributed by atoms with Crippen LogP contribution in [-0.4, -0.2) is 24.3 Å². The minimum Gasteiger partial charge on any atom is -0.508 e. The summed E-state index contributed by atoms with van der Waals surface area (Å²) in [5.74, 6) is 0.247. The molecule has 1 N–H and O–H groups in total. The lowest BCUT2D eigenvalue weighted by molar-refractivity contribution is 0.0450. The fourth-order valence-corrected chi connectivity index (χ4v) is 1.95. The van der Waals surface area contributed by atoms with Gasteiger partial charge in [0.1, 0.15) is 24.7 Å². The zero-order chi connectivity index (χ0) is 14.4. The Morgan fingerprint density at radius 3 is 2.65 bits per heavy atom. The molecule has 0 fully saturated rings. The molecule has 0 saturated carbocycles. The van der Waals surface area contributed by atoms with Crippen molar-refractivity contribution >= 4 is 21.9 Å². The Bertz CT molecular complexity index is 598. The molecule has 20 heavy (non-hydrogen) atoms. The summed E-state index contributed by atoms with van der Waals surface area (Å²) in [7, 11) is 0. The van der Waals surface area contributed by atoms with E-state index in [4.69, 9.17) is 9.47 Å². The number of phenols is 1. The molecular formula is C15H13BrO4. The molecule has 2 aromatic carbocycles. The van der Waals surface area contributed by atoms with Gasteiger partial charge in [-0.15, -0.1) is 0 Å². The van der Waals surface area contributed by atoms with E-state index in [9.17, 15) is 9.90 Å². The van der Waals surface area contributed by atoms with Gasteiger partial charge in [-0.05, 0) is 36.4 Å². The molecule has 0 spiro atoms. The maximum Gasteiger partial charge on any atom is 0.338 e. The highest BCUT2D eigenvalue weighted by atomic mass is 79.9. The Labute approximate surface area is 125 Å². The largest absolute Gasteiger partial charge is 0.508 e. The van der Waals surface area contributed by atoms with Crippen LogP contribution in [0.25, 0.3) is 0 Å². The molecule has 0 amide bonds. The fourth-order valence-electron chi connectivity index (χ4n) is 1.57. The van der Waals surface area contributed by atoms with Crippen molar-refractivity contribution in [2.75, 3.05) is 13.2 Å². The third-order valence-corrected chi connectivity index (χ3v) is 2.96. The number of rotatable bonds is 5. The van der Waals surface area contributed by atoms with Gasteiger partial charge in [-0.1, -0.05) is 28.1 Å². The van der Waals surface area contributed by atoms with Gasteiger partial charge in [0, 0.05) is 4.47 Å². The first-order valence-electron chi connectivity index (χ1n) is 6.00. The van der Waals surface area contributed by atoms with E-state index in [0.717, 1.165) is 4.47 Å². The summed E-state index contributed by atoms with van der Waals surface area (Å²) in [5.41, 5.74) is 0.312. The van der Waals surface area contributed by atoms with E-state index in [1.54, 1.807) is 12.1 Å². The van der Waals surface area contributed by atoms with Gasteiger partial charge in [-0.3, -0.25) is 0 Å². The number of halogens is 1. The van der Waals surface area contributed by atoms with E-state index >= 15 is 0 Å². The smallest absolute Gasteiger partial charge is 0.338 e. The maximum absolute atomic E-state index is 11.7. The Hall–Kier alpha value is -2.01. The Balaban J connectivity index is 1.77.